The zero-order valence-electron chi connectivity index (χ0n) is 12.3. The second-order valence-electron chi connectivity index (χ2n) is 5.21. The Bertz CT molecular complexity index is 863. The predicted molar refractivity (Wildman–Crippen MR) is 88.9 cm³/mol. The largest absolute Gasteiger partial charge is 0.506 e. The molecule has 0 radical (unpaired) electrons. The van der Waals surface area contributed by atoms with Crippen LogP contribution in [0.4, 0.5) is 5.69 Å². The van der Waals surface area contributed by atoms with E-state index >= 15 is 0 Å². The maximum absolute atomic E-state index is 11.8. The maximum Gasteiger partial charge on any atom is 0.327 e. The van der Waals surface area contributed by atoms with Crippen molar-refractivity contribution in [2.24, 2.45) is 5.73 Å². The van der Waals surface area contributed by atoms with Crippen molar-refractivity contribution < 1.29 is 13.5 Å². The van der Waals surface area contributed by atoms with Gasteiger partial charge in [0.05, 0.1) is 5.69 Å². The Labute approximate surface area is 135 Å². The fraction of sp³-hybridized carbons (Fsp3) is 0.125. The molecule has 2 aromatic rings. The minimum absolute atomic E-state index is 0.0929. The number of phenolic OH excluding ortho intramolecular Hbond substituents is 1. The summed E-state index contributed by atoms with van der Waals surface area (Å²) in [6, 6.07) is 12.8. The highest BCUT2D eigenvalue weighted by Gasteiger charge is 2.25. The molecule has 0 amide bonds. The number of benzene rings is 2. The summed E-state index contributed by atoms with van der Waals surface area (Å²) in [5, 5.41) is 10.2. The summed E-state index contributed by atoms with van der Waals surface area (Å²) in [5.41, 5.74) is 8.95. The van der Waals surface area contributed by atoms with Gasteiger partial charge in [0.25, 0.3) is 0 Å². The van der Waals surface area contributed by atoms with Crippen LogP contribution in [0.2, 0.25) is 0 Å². The van der Waals surface area contributed by atoms with Gasteiger partial charge in [0.2, 0.25) is 0 Å². The van der Waals surface area contributed by atoms with E-state index in [-0.39, 0.29) is 11.4 Å². The standard InChI is InChI=1S/C16H17N3O3S/c17-11-14-4-2-1-3-13(14)9-12-5-6-15(16(20)10-12)19-8-7-18-23(19,21)22/h1-8,10,18,20H,9,11,17H2. The third-order valence-electron chi connectivity index (χ3n) is 3.70. The number of anilines is 1. The van der Waals surface area contributed by atoms with E-state index in [1.807, 2.05) is 24.3 Å². The van der Waals surface area contributed by atoms with Gasteiger partial charge in [-0.1, -0.05) is 30.3 Å². The van der Waals surface area contributed by atoms with Crippen molar-refractivity contribution >= 4 is 15.9 Å². The number of aromatic hydroxyl groups is 1. The van der Waals surface area contributed by atoms with Gasteiger partial charge in [0, 0.05) is 18.9 Å². The Morgan fingerprint density at radius 1 is 1.13 bits per heavy atom. The second-order valence-corrected chi connectivity index (χ2v) is 6.79. The highest BCUT2D eigenvalue weighted by Crippen LogP contribution is 2.32. The Balaban J connectivity index is 1.89. The highest BCUT2D eigenvalue weighted by molar-refractivity contribution is 7.91. The van der Waals surface area contributed by atoms with Crippen molar-refractivity contribution in [3.8, 4) is 5.75 Å². The minimum Gasteiger partial charge on any atom is -0.506 e. The van der Waals surface area contributed by atoms with Crippen molar-refractivity contribution in [1.29, 1.82) is 0 Å². The molecule has 2 aromatic carbocycles. The molecule has 3 rings (SSSR count). The topological polar surface area (TPSA) is 95.7 Å². The Hall–Kier alpha value is -2.51. The van der Waals surface area contributed by atoms with Gasteiger partial charge < -0.3 is 10.8 Å². The van der Waals surface area contributed by atoms with Crippen LogP contribution in [0.25, 0.3) is 0 Å². The van der Waals surface area contributed by atoms with Gasteiger partial charge in [0.15, 0.2) is 0 Å². The predicted octanol–water partition coefficient (Wildman–Crippen LogP) is 1.57. The molecule has 4 N–H and O–H groups in total. The number of hydrogen-bond donors (Lipinski definition) is 3. The van der Waals surface area contributed by atoms with Crippen LogP contribution in [-0.2, 0) is 23.2 Å². The number of phenols is 1. The molecule has 1 heterocycles. The van der Waals surface area contributed by atoms with Crippen molar-refractivity contribution in [2.45, 2.75) is 13.0 Å². The Morgan fingerprint density at radius 3 is 2.48 bits per heavy atom. The van der Waals surface area contributed by atoms with E-state index < -0.39 is 10.2 Å². The monoisotopic (exact) mass is 331 g/mol. The molecule has 6 nitrogen and oxygen atoms in total. The van der Waals surface area contributed by atoms with Crippen LogP contribution >= 0.6 is 0 Å². The molecule has 0 saturated carbocycles. The molecule has 0 saturated heterocycles. The van der Waals surface area contributed by atoms with E-state index in [4.69, 9.17) is 5.73 Å². The van der Waals surface area contributed by atoms with Gasteiger partial charge in [-0.05, 0) is 35.2 Å². The molecule has 0 bridgehead atoms. The third-order valence-corrected chi connectivity index (χ3v) is 4.97. The van der Waals surface area contributed by atoms with E-state index in [1.54, 1.807) is 18.2 Å². The Kier molecular flexibility index (Phi) is 3.97. The number of hydrogen-bond acceptors (Lipinski definition) is 4. The molecule has 0 spiro atoms. The first-order valence-electron chi connectivity index (χ1n) is 7.08. The van der Waals surface area contributed by atoms with Crippen LogP contribution in [0.5, 0.6) is 5.75 Å². The molecular weight excluding hydrogens is 314 g/mol. The van der Waals surface area contributed by atoms with E-state index in [0.29, 0.717) is 13.0 Å². The fourth-order valence-corrected chi connectivity index (χ4v) is 3.53. The van der Waals surface area contributed by atoms with Crippen molar-refractivity contribution in [3.63, 3.8) is 0 Å². The van der Waals surface area contributed by atoms with Gasteiger partial charge in [-0.15, -0.1) is 0 Å². The number of nitrogens with two attached hydrogens (primary N) is 1. The molecule has 0 atom stereocenters. The van der Waals surface area contributed by atoms with Crippen LogP contribution < -0.4 is 14.8 Å². The summed E-state index contributed by atoms with van der Waals surface area (Å²) in [7, 11) is -3.65. The number of nitrogens with one attached hydrogen (secondary N) is 1. The molecule has 7 heteroatoms. The lowest BCUT2D eigenvalue weighted by Crippen LogP contribution is -2.28. The first kappa shape index (κ1) is 15.4. The van der Waals surface area contributed by atoms with Crippen molar-refractivity contribution in [3.05, 3.63) is 71.6 Å². The summed E-state index contributed by atoms with van der Waals surface area (Å²) in [6.45, 7) is 0.447. The van der Waals surface area contributed by atoms with E-state index in [9.17, 15) is 13.5 Å². The third kappa shape index (κ3) is 3.01. The van der Waals surface area contributed by atoms with Gasteiger partial charge in [-0.25, -0.2) is 4.31 Å². The van der Waals surface area contributed by atoms with Crippen LogP contribution in [0, 0.1) is 0 Å². The van der Waals surface area contributed by atoms with E-state index in [0.717, 1.165) is 21.0 Å². The molecule has 23 heavy (non-hydrogen) atoms. The van der Waals surface area contributed by atoms with Gasteiger partial charge in [0.1, 0.15) is 5.75 Å². The lowest BCUT2D eigenvalue weighted by Gasteiger charge is -2.17. The maximum atomic E-state index is 11.8. The van der Waals surface area contributed by atoms with Crippen molar-refractivity contribution in [1.82, 2.24) is 4.72 Å². The minimum atomic E-state index is -3.65. The zero-order valence-corrected chi connectivity index (χ0v) is 13.1. The summed E-state index contributed by atoms with van der Waals surface area (Å²) in [4.78, 5) is 0. The molecule has 0 fully saturated rings. The van der Waals surface area contributed by atoms with Gasteiger partial charge >= 0.3 is 10.2 Å². The second kappa shape index (κ2) is 5.94. The smallest absolute Gasteiger partial charge is 0.327 e. The lowest BCUT2D eigenvalue weighted by molar-refractivity contribution is 0.475. The van der Waals surface area contributed by atoms with Crippen LogP contribution in [0.1, 0.15) is 16.7 Å². The van der Waals surface area contributed by atoms with Crippen molar-refractivity contribution in [2.75, 3.05) is 4.31 Å². The van der Waals surface area contributed by atoms with Crippen LogP contribution in [-0.4, -0.2) is 13.5 Å². The first-order valence-corrected chi connectivity index (χ1v) is 8.52. The van der Waals surface area contributed by atoms with Gasteiger partial charge in [-0.2, -0.15) is 8.42 Å². The molecule has 0 aromatic heterocycles. The van der Waals surface area contributed by atoms with Gasteiger partial charge in [-0.3, -0.25) is 4.72 Å². The van der Waals surface area contributed by atoms with Crippen LogP contribution in [0.3, 0.4) is 0 Å². The molecule has 1 aliphatic rings. The zero-order chi connectivity index (χ0) is 16.4. The normalized spacial score (nSPS) is 15.6. The van der Waals surface area contributed by atoms with E-state index in [2.05, 4.69) is 4.72 Å². The summed E-state index contributed by atoms with van der Waals surface area (Å²) in [6.07, 6.45) is 3.27. The Morgan fingerprint density at radius 2 is 1.87 bits per heavy atom. The average Bonchev–Trinajstić information content (AvgIpc) is 2.87. The molecular formula is C16H17N3O3S. The first-order chi connectivity index (χ1) is 11.0. The number of nitrogens with zero attached hydrogens (tertiary/aromatic N) is 1. The molecule has 0 aliphatic carbocycles. The summed E-state index contributed by atoms with van der Waals surface area (Å²) >= 11 is 0. The average molecular weight is 331 g/mol. The fourth-order valence-electron chi connectivity index (χ4n) is 2.55. The number of rotatable bonds is 4. The molecule has 120 valence electrons. The quantitative estimate of drug-likeness (QED) is 0.792. The lowest BCUT2D eigenvalue weighted by atomic mass is 9.99. The summed E-state index contributed by atoms with van der Waals surface area (Å²) in [5.74, 6) is -0.0929. The summed E-state index contributed by atoms with van der Waals surface area (Å²) < 4.78 is 26.8. The molecule has 0 unspecified atom stereocenters. The SMILES string of the molecule is NCc1ccccc1Cc1ccc(N2C=CNS2(=O)=O)c(O)c1. The molecule has 1 aliphatic heterocycles. The van der Waals surface area contributed by atoms with Crippen LogP contribution in [0.15, 0.2) is 54.9 Å². The highest BCUT2D eigenvalue weighted by atomic mass is 32.2. The van der Waals surface area contributed by atoms with E-state index in [1.165, 1.54) is 12.4 Å².